The fraction of sp³-hybridized carbons (Fsp3) is 0.412. The summed E-state index contributed by atoms with van der Waals surface area (Å²) in [6.07, 6.45) is 5.33. The van der Waals surface area contributed by atoms with Crippen LogP contribution in [0.5, 0.6) is 0 Å². The number of halogens is 1. The number of morpholine rings is 1. The maximum atomic E-state index is 5.75. The molecule has 0 bridgehead atoms. The van der Waals surface area contributed by atoms with Gasteiger partial charge < -0.3 is 15.4 Å². The highest BCUT2D eigenvalue weighted by molar-refractivity contribution is 5.88. The van der Waals surface area contributed by atoms with Crippen molar-refractivity contribution in [2.24, 2.45) is 7.05 Å². The zero-order chi connectivity index (χ0) is 17.2. The fourth-order valence-electron chi connectivity index (χ4n) is 2.94. The SMILES string of the molecule is Cc1c(-c2cc3nccnc3c(NC[C@H]3CNCCO3)n2)cnn1C.Cl. The van der Waals surface area contributed by atoms with Gasteiger partial charge in [0.15, 0.2) is 5.82 Å². The molecular weight excluding hydrogens is 354 g/mol. The molecule has 26 heavy (non-hydrogen) atoms. The molecule has 1 saturated heterocycles. The minimum Gasteiger partial charge on any atom is -0.374 e. The van der Waals surface area contributed by atoms with E-state index in [0.29, 0.717) is 6.54 Å². The Labute approximate surface area is 157 Å². The molecular formula is C17H22ClN7O. The van der Waals surface area contributed by atoms with Gasteiger partial charge in [-0.15, -0.1) is 12.4 Å². The molecule has 0 aliphatic carbocycles. The lowest BCUT2D eigenvalue weighted by Crippen LogP contribution is -2.42. The van der Waals surface area contributed by atoms with E-state index < -0.39 is 0 Å². The number of fused-ring (bicyclic) bond motifs is 1. The second kappa shape index (κ2) is 7.94. The van der Waals surface area contributed by atoms with Gasteiger partial charge in [0.1, 0.15) is 5.52 Å². The van der Waals surface area contributed by atoms with Crippen LogP contribution in [0.3, 0.4) is 0 Å². The van der Waals surface area contributed by atoms with E-state index in [9.17, 15) is 0 Å². The Balaban J connectivity index is 0.00000196. The summed E-state index contributed by atoms with van der Waals surface area (Å²) in [4.78, 5) is 13.7. The second-order valence-electron chi connectivity index (χ2n) is 6.13. The molecule has 8 nitrogen and oxygen atoms in total. The second-order valence-corrected chi connectivity index (χ2v) is 6.13. The summed E-state index contributed by atoms with van der Waals surface area (Å²) < 4.78 is 7.59. The zero-order valence-corrected chi connectivity index (χ0v) is 15.6. The first-order chi connectivity index (χ1) is 12.2. The Kier molecular flexibility index (Phi) is 5.65. The topological polar surface area (TPSA) is 89.8 Å². The van der Waals surface area contributed by atoms with Crippen molar-refractivity contribution < 1.29 is 4.74 Å². The molecule has 9 heteroatoms. The summed E-state index contributed by atoms with van der Waals surface area (Å²) in [5.41, 5.74) is 4.46. The summed E-state index contributed by atoms with van der Waals surface area (Å²) in [7, 11) is 1.92. The Morgan fingerprint density at radius 1 is 1.35 bits per heavy atom. The average Bonchev–Trinajstić information content (AvgIpc) is 2.99. The summed E-state index contributed by atoms with van der Waals surface area (Å²) in [5, 5.41) is 11.0. The molecule has 1 aliphatic heterocycles. The summed E-state index contributed by atoms with van der Waals surface area (Å²) in [5.74, 6) is 0.720. The molecule has 0 unspecified atom stereocenters. The molecule has 0 amide bonds. The van der Waals surface area contributed by atoms with E-state index in [1.54, 1.807) is 12.4 Å². The maximum Gasteiger partial charge on any atom is 0.154 e. The van der Waals surface area contributed by atoms with Crippen molar-refractivity contribution in [3.63, 3.8) is 0 Å². The standard InChI is InChI=1S/C17H21N7O.ClH/c1-11-13(10-22-24(11)2)14-7-15-16(20-4-3-19-15)17(23-14)21-9-12-8-18-5-6-25-12;/h3-4,7,10,12,18H,5-6,8-9H2,1-2H3,(H,21,23);1H/t12-;/m1./s1. The number of aryl methyl sites for hydroxylation is 1. The van der Waals surface area contributed by atoms with Crippen molar-refractivity contribution in [3.05, 3.63) is 30.4 Å². The Morgan fingerprint density at radius 2 is 2.19 bits per heavy atom. The minimum absolute atomic E-state index is 0. The molecule has 1 fully saturated rings. The first-order valence-electron chi connectivity index (χ1n) is 8.39. The monoisotopic (exact) mass is 375 g/mol. The van der Waals surface area contributed by atoms with Crippen LogP contribution in [-0.4, -0.2) is 57.1 Å². The minimum atomic E-state index is 0. The number of hydrogen-bond donors (Lipinski definition) is 2. The first kappa shape index (κ1) is 18.5. The number of pyridine rings is 1. The van der Waals surface area contributed by atoms with Gasteiger partial charge in [-0.2, -0.15) is 5.10 Å². The van der Waals surface area contributed by atoms with Crippen LogP contribution in [0.25, 0.3) is 22.3 Å². The molecule has 4 heterocycles. The molecule has 138 valence electrons. The van der Waals surface area contributed by atoms with E-state index in [1.807, 2.05) is 30.9 Å². The average molecular weight is 376 g/mol. The molecule has 4 rings (SSSR count). The van der Waals surface area contributed by atoms with Gasteiger partial charge in [0.05, 0.1) is 30.1 Å². The van der Waals surface area contributed by atoms with Gasteiger partial charge >= 0.3 is 0 Å². The van der Waals surface area contributed by atoms with Crippen LogP contribution in [-0.2, 0) is 11.8 Å². The lowest BCUT2D eigenvalue weighted by Gasteiger charge is -2.24. The third-order valence-electron chi connectivity index (χ3n) is 4.47. The van der Waals surface area contributed by atoms with Crippen molar-refractivity contribution >= 4 is 29.3 Å². The van der Waals surface area contributed by atoms with Gasteiger partial charge in [-0.25, -0.2) is 9.97 Å². The molecule has 0 spiro atoms. The van der Waals surface area contributed by atoms with Gasteiger partial charge in [-0.1, -0.05) is 0 Å². The van der Waals surface area contributed by atoms with Crippen LogP contribution in [0, 0.1) is 6.92 Å². The molecule has 0 aromatic carbocycles. The Hall–Kier alpha value is -2.29. The number of nitrogens with zero attached hydrogens (tertiary/aromatic N) is 5. The Bertz CT molecular complexity index is 892. The third-order valence-corrected chi connectivity index (χ3v) is 4.47. The highest BCUT2D eigenvalue weighted by Gasteiger charge is 2.16. The van der Waals surface area contributed by atoms with Crippen molar-refractivity contribution in [2.45, 2.75) is 13.0 Å². The van der Waals surface area contributed by atoms with E-state index in [2.05, 4.69) is 25.7 Å². The summed E-state index contributed by atoms with van der Waals surface area (Å²) in [6, 6.07) is 1.95. The molecule has 0 saturated carbocycles. The highest BCUT2D eigenvalue weighted by atomic mass is 35.5. The number of rotatable bonds is 4. The summed E-state index contributed by atoms with van der Waals surface area (Å²) >= 11 is 0. The van der Waals surface area contributed by atoms with E-state index in [0.717, 1.165) is 53.5 Å². The molecule has 1 aliphatic rings. The van der Waals surface area contributed by atoms with Crippen LogP contribution in [0.15, 0.2) is 24.7 Å². The van der Waals surface area contributed by atoms with E-state index in [4.69, 9.17) is 9.72 Å². The number of aromatic nitrogens is 5. The first-order valence-corrected chi connectivity index (χ1v) is 8.39. The Morgan fingerprint density at radius 3 is 2.92 bits per heavy atom. The van der Waals surface area contributed by atoms with E-state index >= 15 is 0 Å². The van der Waals surface area contributed by atoms with Crippen LogP contribution in [0.4, 0.5) is 5.82 Å². The van der Waals surface area contributed by atoms with Crippen LogP contribution in [0.1, 0.15) is 5.69 Å². The molecule has 3 aromatic rings. The van der Waals surface area contributed by atoms with Crippen molar-refractivity contribution in [1.82, 2.24) is 30.0 Å². The maximum absolute atomic E-state index is 5.75. The van der Waals surface area contributed by atoms with Gasteiger partial charge in [-0.3, -0.25) is 9.67 Å². The predicted octanol–water partition coefficient (Wildman–Crippen LogP) is 1.56. The normalized spacial score (nSPS) is 17.1. The van der Waals surface area contributed by atoms with Crippen LogP contribution >= 0.6 is 12.4 Å². The number of ether oxygens (including phenoxy) is 1. The highest BCUT2D eigenvalue weighted by Crippen LogP contribution is 2.27. The van der Waals surface area contributed by atoms with Gasteiger partial charge in [-0.05, 0) is 13.0 Å². The molecule has 0 radical (unpaired) electrons. The van der Waals surface area contributed by atoms with Gasteiger partial charge in [0, 0.05) is 50.3 Å². The lowest BCUT2D eigenvalue weighted by atomic mass is 10.1. The van der Waals surface area contributed by atoms with E-state index in [1.165, 1.54) is 0 Å². The smallest absolute Gasteiger partial charge is 0.154 e. The van der Waals surface area contributed by atoms with E-state index in [-0.39, 0.29) is 18.5 Å². The van der Waals surface area contributed by atoms with Crippen molar-refractivity contribution in [2.75, 3.05) is 31.6 Å². The van der Waals surface area contributed by atoms with Crippen LogP contribution in [0.2, 0.25) is 0 Å². The van der Waals surface area contributed by atoms with Gasteiger partial charge in [0.2, 0.25) is 0 Å². The number of anilines is 1. The van der Waals surface area contributed by atoms with Crippen LogP contribution < -0.4 is 10.6 Å². The van der Waals surface area contributed by atoms with Gasteiger partial charge in [0.25, 0.3) is 0 Å². The van der Waals surface area contributed by atoms with Crippen molar-refractivity contribution in [3.8, 4) is 11.3 Å². The number of hydrogen-bond acceptors (Lipinski definition) is 7. The molecule has 3 aromatic heterocycles. The quantitative estimate of drug-likeness (QED) is 0.715. The predicted molar refractivity (Wildman–Crippen MR) is 103 cm³/mol. The lowest BCUT2D eigenvalue weighted by molar-refractivity contribution is 0.0372. The molecule has 2 N–H and O–H groups in total. The third kappa shape index (κ3) is 3.62. The fourth-order valence-corrected chi connectivity index (χ4v) is 2.94. The zero-order valence-electron chi connectivity index (χ0n) is 14.8. The van der Waals surface area contributed by atoms with Crippen molar-refractivity contribution in [1.29, 1.82) is 0 Å². The largest absolute Gasteiger partial charge is 0.374 e. The molecule has 1 atom stereocenters. The number of nitrogens with one attached hydrogen (secondary N) is 2. The summed E-state index contributed by atoms with van der Waals surface area (Å²) in [6.45, 7) is 5.16.